The molecule has 0 saturated carbocycles. The van der Waals surface area contributed by atoms with Gasteiger partial charge >= 0.3 is 0 Å². The molecule has 0 aliphatic carbocycles. The Morgan fingerprint density at radius 1 is 1.82 bits per heavy atom. The molecule has 0 aromatic carbocycles. The largest absolute Gasteiger partial charge is 0.313 e. The number of aromatic amines is 1. The fraction of sp³-hybridized carbons (Fsp3) is 0.167. The molecular formula is C6H8N4O. The minimum atomic E-state index is -0.195. The van der Waals surface area contributed by atoms with Crippen LogP contribution in [0.15, 0.2) is 22.4 Å². The molecule has 0 aliphatic heterocycles. The van der Waals surface area contributed by atoms with Crippen LogP contribution in [-0.2, 0) is 0 Å². The van der Waals surface area contributed by atoms with E-state index >= 15 is 0 Å². The van der Waals surface area contributed by atoms with Crippen molar-refractivity contribution in [3.05, 3.63) is 28.4 Å². The molecule has 1 aromatic rings. The van der Waals surface area contributed by atoms with E-state index in [1.807, 2.05) is 0 Å². The first-order valence-electron chi connectivity index (χ1n) is 3.07. The van der Waals surface area contributed by atoms with Gasteiger partial charge in [-0.25, -0.2) is 4.98 Å². The number of rotatable bonds is 2. The Bertz CT molecular complexity index is 303. The Kier molecular flexibility index (Phi) is 2.37. The van der Waals surface area contributed by atoms with E-state index in [4.69, 9.17) is 0 Å². The van der Waals surface area contributed by atoms with Gasteiger partial charge in [0.2, 0.25) is 0 Å². The standard InChI is InChI=1S/C6H8N4O/c1-7-10-3-5-2-8-4-9-6(5)11/h2-4,7H,1H3,(H,8,9,11)/b10-3-. The van der Waals surface area contributed by atoms with Crippen LogP contribution in [0.2, 0.25) is 0 Å². The van der Waals surface area contributed by atoms with E-state index in [-0.39, 0.29) is 5.56 Å². The lowest BCUT2D eigenvalue weighted by atomic mass is 10.4. The van der Waals surface area contributed by atoms with Crippen LogP contribution in [0.3, 0.4) is 0 Å². The topological polar surface area (TPSA) is 70.1 Å². The van der Waals surface area contributed by atoms with Crippen molar-refractivity contribution >= 4 is 6.21 Å². The number of nitrogens with one attached hydrogen (secondary N) is 2. The summed E-state index contributed by atoms with van der Waals surface area (Å²) >= 11 is 0. The zero-order valence-electron chi connectivity index (χ0n) is 6.03. The minimum absolute atomic E-state index is 0.195. The lowest BCUT2D eigenvalue weighted by Crippen LogP contribution is -2.12. The van der Waals surface area contributed by atoms with Crippen molar-refractivity contribution in [1.82, 2.24) is 15.4 Å². The van der Waals surface area contributed by atoms with E-state index in [9.17, 15) is 4.79 Å². The fourth-order valence-electron chi connectivity index (χ4n) is 0.581. The Morgan fingerprint density at radius 3 is 3.27 bits per heavy atom. The maximum atomic E-state index is 10.9. The summed E-state index contributed by atoms with van der Waals surface area (Å²) in [6.45, 7) is 0. The van der Waals surface area contributed by atoms with Crippen molar-refractivity contribution in [3.8, 4) is 0 Å². The highest BCUT2D eigenvalue weighted by Crippen LogP contribution is 1.77. The number of hydrazone groups is 1. The van der Waals surface area contributed by atoms with Crippen LogP contribution in [0.1, 0.15) is 5.56 Å². The maximum absolute atomic E-state index is 10.9. The average Bonchev–Trinajstić information content (AvgIpc) is 2.03. The van der Waals surface area contributed by atoms with Gasteiger partial charge in [0.05, 0.1) is 18.1 Å². The molecule has 0 radical (unpaired) electrons. The van der Waals surface area contributed by atoms with Gasteiger partial charge in [0.15, 0.2) is 0 Å². The second-order valence-electron chi connectivity index (χ2n) is 1.82. The number of hydrogen-bond donors (Lipinski definition) is 2. The highest BCUT2D eigenvalue weighted by molar-refractivity contribution is 5.78. The normalized spacial score (nSPS) is 10.3. The minimum Gasteiger partial charge on any atom is -0.313 e. The quantitative estimate of drug-likeness (QED) is 0.436. The Hall–Kier alpha value is -1.65. The smallest absolute Gasteiger partial charge is 0.259 e. The second kappa shape index (κ2) is 3.50. The molecule has 0 spiro atoms. The van der Waals surface area contributed by atoms with E-state index in [2.05, 4.69) is 20.5 Å². The number of hydrogen-bond acceptors (Lipinski definition) is 4. The lowest BCUT2D eigenvalue weighted by Gasteiger charge is -1.88. The lowest BCUT2D eigenvalue weighted by molar-refractivity contribution is 0.906. The third-order valence-electron chi connectivity index (χ3n) is 1.08. The van der Waals surface area contributed by atoms with Gasteiger partial charge < -0.3 is 10.4 Å². The summed E-state index contributed by atoms with van der Waals surface area (Å²) in [5, 5.41) is 3.67. The van der Waals surface area contributed by atoms with Crippen molar-refractivity contribution in [2.24, 2.45) is 5.10 Å². The number of nitrogens with zero attached hydrogens (tertiary/aromatic N) is 2. The van der Waals surface area contributed by atoms with E-state index in [0.717, 1.165) is 0 Å². The molecule has 1 aromatic heterocycles. The molecule has 0 unspecified atom stereocenters. The predicted octanol–water partition coefficient (Wildman–Crippen LogP) is -0.677. The van der Waals surface area contributed by atoms with Gasteiger partial charge in [-0.05, 0) is 0 Å². The van der Waals surface area contributed by atoms with Crippen molar-refractivity contribution in [1.29, 1.82) is 0 Å². The van der Waals surface area contributed by atoms with E-state index in [1.165, 1.54) is 18.7 Å². The van der Waals surface area contributed by atoms with Gasteiger partial charge in [0.25, 0.3) is 5.56 Å². The van der Waals surface area contributed by atoms with Gasteiger partial charge in [-0.1, -0.05) is 0 Å². The molecule has 2 N–H and O–H groups in total. The molecule has 1 heterocycles. The van der Waals surface area contributed by atoms with Crippen molar-refractivity contribution < 1.29 is 0 Å². The Morgan fingerprint density at radius 2 is 2.64 bits per heavy atom. The molecule has 0 atom stereocenters. The van der Waals surface area contributed by atoms with Gasteiger partial charge in [-0.15, -0.1) is 0 Å². The van der Waals surface area contributed by atoms with Crippen LogP contribution in [0, 0.1) is 0 Å². The van der Waals surface area contributed by atoms with Crippen LogP contribution < -0.4 is 11.0 Å². The first kappa shape index (κ1) is 7.46. The predicted molar refractivity (Wildman–Crippen MR) is 41.5 cm³/mol. The molecule has 5 heteroatoms. The molecular weight excluding hydrogens is 144 g/mol. The summed E-state index contributed by atoms with van der Waals surface area (Å²) in [6.07, 6.45) is 4.19. The third kappa shape index (κ3) is 1.89. The monoisotopic (exact) mass is 152 g/mol. The van der Waals surface area contributed by atoms with Crippen molar-refractivity contribution in [2.45, 2.75) is 0 Å². The third-order valence-corrected chi connectivity index (χ3v) is 1.08. The van der Waals surface area contributed by atoms with Crippen molar-refractivity contribution in [3.63, 3.8) is 0 Å². The molecule has 0 amide bonds. The Balaban J connectivity index is 2.95. The van der Waals surface area contributed by atoms with Gasteiger partial charge in [-0.3, -0.25) is 4.79 Å². The molecule has 58 valence electrons. The summed E-state index contributed by atoms with van der Waals surface area (Å²) < 4.78 is 0. The van der Waals surface area contributed by atoms with Crippen LogP contribution in [0.25, 0.3) is 0 Å². The zero-order chi connectivity index (χ0) is 8.10. The SMILES string of the molecule is CN/N=C\c1cnc[nH]c1=O. The van der Waals surface area contributed by atoms with E-state index < -0.39 is 0 Å². The molecule has 0 saturated heterocycles. The molecule has 1 rings (SSSR count). The second-order valence-corrected chi connectivity index (χ2v) is 1.82. The summed E-state index contributed by atoms with van der Waals surface area (Å²) in [6, 6.07) is 0. The maximum Gasteiger partial charge on any atom is 0.259 e. The molecule has 0 bridgehead atoms. The number of H-pyrrole nitrogens is 1. The van der Waals surface area contributed by atoms with Gasteiger partial charge in [0.1, 0.15) is 0 Å². The summed E-state index contributed by atoms with van der Waals surface area (Å²) in [5.74, 6) is 0. The first-order chi connectivity index (χ1) is 5.34. The molecule has 0 fully saturated rings. The summed E-state index contributed by atoms with van der Waals surface area (Å²) in [4.78, 5) is 17.1. The zero-order valence-corrected chi connectivity index (χ0v) is 6.03. The Labute approximate surface area is 63.2 Å². The molecule has 5 nitrogen and oxygen atoms in total. The van der Waals surface area contributed by atoms with Crippen molar-refractivity contribution in [2.75, 3.05) is 7.05 Å². The number of aromatic nitrogens is 2. The summed E-state index contributed by atoms with van der Waals surface area (Å²) in [7, 11) is 1.65. The van der Waals surface area contributed by atoms with Gasteiger partial charge in [0, 0.05) is 13.2 Å². The van der Waals surface area contributed by atoms with Crippen LogP contribution in [0.4, 0.5) is 0 Å². The highest BCUT2D eigenvalue weighted by atomic mass is 16.1. The molecule has 11 heavy (non-hydrogen) atoms. The van der Waals surface area contributed by atoms with Gasteiger partial charge in [-0.2, -0.15) is 5.10 Å². The van der Waals surface area contributed by atoms with Crippen LogP contribution >= 0.6 is 0 Å². The summed E-state index contributed by atoms with van der Waals surface area (Å²) in [5.41, 5.74) is 2.77. The average molecular weight is 152 g/mol. The first-order valence-corrected chi connectivity index (χ1v) is 3.07. The van der Waals surface area contributed by atoms with E-state index in [1.54, 1.807) is 7.05 Å². The van der Waals surface area contributed by atoms with E-state index in [0.29, 0.717) is 5.56 Å². The fourth-order valence-corrected chi connectivity index (χ4v) is 0.581. The van der Waals surface area contributed by atoms with Crippen LogP contribution in [0.5, 0.6) is 0 Å². The molecule has 0 aliphatic rings. The van der Waals surface area contributed by atoms with Crippen LogP contribution in [-0.4, -0.2) is 23.2 Å². The highest BCUT2D eigenvalue weighted by Gasteiger charge is 1.91.